The van der Waals surface area contributed by atoms with Gasteiger partial charge in [0.2, 0.25) is 0 Å². The van der Waals surface area contributed by atoms with Crippen LogP contribution in [0, 0.1) is 0 Å². The van der Waals surface area contributed by atoms with Gasteiger partial charge < -0.3 is 18.3 Å². The molecule has 1 atom stereocenters. The molecule has 0 radical (unpaired) electrons. The summed E-state index contributed by atoms with van der Waals surface area (Å²) in [6.45, 7) is 22.1. The third-order valence-corrected chi connectivity index (χ3v) is 21.0. The number of hydrogen-bond acceptors (Lipinski definition) is 7. The highest BCUT2D eigenvalue weighted by atomic mass is 32.2. The molecule has 1 heterocycles. The standard InChI is InChI=1S/C32H50O5S2Si2/c1-30(2,3)40(9,10)36-28(24-20-26(34-7)22-27(21-24)35-8)32(38-17-14-18-39-32)25-16-13-15-23(19-25)29(33)37-41(11,12)31(4,5)6/h13,15-16,19-22,28H,14,17-18H2,1-12H3. The molecule has 1 aliphatic heterocycles. The van der Waals surface area contributed by atoms with E-state index in [1.807, 2.05) is 47.8 Å². The molecule has 41 heavy (non-hydrogen) atoms. The fraction of sp³-hybridized carbons (Fsp3) is 0.594. The van der Waals surface area contributed by atoms with Gasteiger partial charge in [-0.3, -0.25) is 0 Å². The van der Waals surface area contributed by atoms with Crippen LogP contribution in [0.1, 0.15) is 75.6 Å². The van der Waals surface area contributed by atoms with Crippen LogP contribution in [0.25, 0.3) is 0 Å². The molecule has 0 saturated carbocycles. The van der Waals surface area contributed by atoms with Gasteiger partial charge in [-0.2, -0.15) is 0 Å². The molecular formula is C32H50O5S2Si2. The molecule has 0 spiro atoms. The molecule has 5 nitrogen and oxygen atoms in total. The zero-order valence-electron chi connectivity index (χ0n) is 27.1. The van der Waals surface area contributed by atoms with Crippen molar-refractivity contribution in [1.29, 1.82) is 0 Å². The molecule has 0 N–H and O–H groups in total. The van der Waals surface area contributed by atoms with Crippen molar-refractivity contribution in [1.82, 2.24) is 0 Å². The lowest BCUT2D eigenvalue weighted by Gasteiger charge is -2.48. The SMILES string of the molecule is COc1cc(OC)cc(C(O[Si](C)(C)C(C)(C)C)C2(c3cccc(C(=O)O[Si](C)(C)C(C)(C)C)c3)SCCCS2)c1. The lowest BCUT2D eigenvalue weighted by Crippen LogP contribution is -2.46. The minimum Gasteiger partial charge on any atom is -0.516 e. The van der Waals surface area contributed by atoms with Crippen LogP contribution in [0.3, 0.4) is 0 Å². The van der Waals surface area contributed by atoms with Gasteiger partial charge in [-0.05, 0) is 89.6 Å². The molecule has 0 bridgehead atoms. The van der Waals surface area contributed by atoms with E-state index in [0.29, 0.717) is 5.56 Å². The van der Waals surface area contributed by atoms with Gasteiger partial charge in [0.05, 0.1) is 25.9 Å². The Morgan fingerprint density at radius 3 is 1.85 bits per heavy atom. The van der Waals surface area contributed by atoms with Gasteiger partial charge in [-0.25, -0.2) is 4.79 Å². The first-order valence-corrected chi connectivity index (χ1v) is 22.2. The molecule has 1 saturated heterocycles. The second kappa shape index (κ2) is 12.7. The monoisotopic (exact) mass is 634 g/mol. The Kier molecular flexibility index (Phi) is 10.5. The summed E-state index contributed by atoms with van der Waals surface area (Å²) in [4.78, 5) is 13.6. The highest BCUT2D eigenvalue weighted by Crippen LogP contribution is 2.61. The van der Waals surface area contributed by atoms with Crippen LogP contribution < -0.4 is 9.47 Å². The first-order valence-electron chi connectivity index (χ1n) is 14.4. The van der Waals surface area contributed by atoms with Crippen molar-refractivity contribution in [3.63, 3.8) is 0 Å². The molecule has 2 aromatic rings. The Hall–Kier alpha value is -1.40. The first kappa shape index (κ1) is 34.1. The summed E-state index contributed by atoms with van der Waals surface area (Å²) < 4.78 is 24.5. The van der Waals surface area contributed by atoms with Crippen LogP contribution in [-0.2, 0) is 12.9 Å². The second-order valence-corrected chi connectivity index (χ2v) is 26.3. The van der Waals surface area contributed by atoms with Crippen molar-refractivity contribution in [3.8, 4) is 11.5 Å². The Balaban J connectivity index is 2.21. The Morgan fingerprint density at radius 2 is 1.37 bits per heavy atom. The summed E-state index contributed by atoms with van der Waals surface area (Å²) in [6.07, 6.45) is 0.827. The normalized spacial score (nSPS) is 17.1. The van der Waals surface area contributed by atoms with Crippen molar-refractivity contribution in [2.45, 2.75) is 94.4 Å². The molecule has 9 heteroatoms. The molecule has 3 rings (SSSR count). The molecule has 0 aromatic heterocycles. The minimum atomic E-state index is -2.28. The number of ether oxygens (including phenoxy) is 2. The molecule has 0 aliphatic carbocycles. The average Bonchev–Trinajstić information content (AvgIpc) is 2.90. The topological polar surface area (TPSA) is 54.0 Å². The minimum absolute atomic E-state index is 0.00815. The lowest BCUT2D eigenvalue weighted by atomic mass is 9.98. The molecule has 2 aromatic carbocycles. The smallest absolute Gasteiger partial charge is 0.324 e. The van der Waals surface area contributed by atoms with E-state index in [2.05, 4.69) is 85.9 Å². The fourth-order valence-corrected chi connectivity index (χ4v) is 9.91. The van der Waals surface area contributed by atoms with E-state index in [1.165, 1.54) is 0 Å². The zero-order chi connectivity index (χ0) is 30.9. The van der Waals surface area contributed by atoms with Gasteiger partial charge >= 0.3 is 5.97 Å². The summed E-state index contributed by atoms with van der Waals surface area (Å²) in [6, 6.07) is 14.1. The van der Waals surface area contributed by atoms with Crippen LogP contribution in [0.2, 0.25) is 36.3 Å². The Morgan fingerprint density at radius 1 is 0.829 bits per heavy atom. The maximum atomic E-state index is 13.6. The van der Waals surface area contributed by atoms with Crippen LogP contribution in [-0.4, -0.2) is 48.3 Å². The van der Waals surface area contributed by atoms with E-state index < -0.39 is 20.7 Å². The molecule has 1 unspecified atom stereocenters. The highest BCUT2D eigenvalue weighted by molar-refractivity contribution is 8.18. The lowest BCUT2D eigenvalue weighted by molar-refractivity contribution is 0.0712. The molecule has 228 valence electrons. The van der Waals surface area contributed by atoms with Gasteiger partial charge in [0.1, 0.15) is 15.6 Å². The predicted octanol–water partition coefficient (Wildman–Crippen LogP) is 9.65. The van der Waals surface area contributed by atoms with Crippen molar-refractivity contribution in [2.75, 3.05) is 25.7 Å². The van der Waals surface area contributed by atoms with Gasteiger partial charge in [-0.15, -0.1) is 23.5 Å². The van der Waals surface area contributed by atoms with Gasteiger partial charge in [0.25, 0.3) is 8.32 Å². The molecule has 1 fully saturated rings. The summed E-state index contributed by atoms with van der Waals surface area (Å²) in [5, 5.41) is -0.0572. The van der Waals surface area contributed by atoms with Gasteiger partial charge in [0, 0.05) is 6.07 Å². The molecule has 1 aliphatic rings. The van der Waals surface area contributed by atoms with Crippen molar-refractivity contribution < 1.29 is 23.1 Å². The number of hydrogen-bond donors (Lipinski definition) is 0. The van der Waals surface area contributed by atoms with E-state index in [0.717, 1.165) is 40.6 Å². The van der Waals surface area contributed by atoms with E-state index in [1.54, 1.807) is 14.2 Å². The number of rotatable bonds is 9. The predicted molar refractivity (Wildman–Crippen MR) is 181 cm³/mol. The number of benzene rings is 2. The van der Waals surface area contributed by atoms with Crippen LogP contribution in [0.4, 0.5) is 0 Å². The average molecular weight is 635 g/mol. The number of thioether (sulfide) groups is 2. The summed E-state index contributed by atoms with van der Waals surface area (Å²) >= 11 is 3.84. The first-order chi connectivity index (χ1) is 18.9. The number of carbonyl (C=O) groups excluding carboxylic acids is 1. The van der Waals surface area contributed by atoms with Crippen LogP contribution in [0.15, 0.2) is 42.5 Å². The van der Waals surface area contributed by atoms with E-state index in [-0.39, 0.29) is 22.1 Å². The van der Waals surface area contributed by atoms with Crippen molar-refractivity contribution >= 4 is 46.1 Å². The van der Waals surface area contributed by atoms with Crippen molar-refractivity contribution in [2.24, 2.45) is 0 Å². The number of carbonyl (C=O) groups is 1. The van der Waals surface area contributed by atoms with Crippen molar-refractivity contribution in [3.05, 3.63) is 59.2 Å². The zero-order valence-corrected chi connectivity index (χ0v) is 30.7. The Labute approximate surface area is 259 Å². The van der Waals surface area contributed by atoms with Gasteiger partial charge in [0.15, 0.2) is 8.32 Å². The fourth-order valence-electron chi connectivity index (χ4n) is 4.14. The Bertz CT molecular complexity index is 1190. The third-order valence-electron chi connectivity index (χ3n) is 8.82. The van der Waals surface area contributed by atoms with Crippen LogP contribution >= 0.6 is 23.5 Å². The third kappa shape index (κ3) is 7.58. The second-order valence-electron chi connectivity index (χ2n) is 13.9. The van der Waals surface area contributed by atoms with Gasteiger partial charge in [-0.1, -0.05) is 53.7 Å². The maximum absolute atomic E-state index is 13.6. The summed E-state index contributed by atoms with van der Waals surface area (Å²) in [7, 11) is -1.17. The molecular weight excluding hydrogens is 585 g/mol. The summed E-state index contributed by atoms with van der Waals surface area (Å²) in [5.41, 5.74) is 2.68. The van der Waals surface area contributed by atoms with E-state index in [9.17, 15) is 4.79 Å². The van der Waals surface area contributed by atoms with Crippen LogP contribution in [0.5, 0.6) is 11.5 Å². The maximum Gasteiger partial charge on any atom is 0.324 e. The number of methoxy groups -OCH3 is 2. The molecule has 0 amide bonds. The highest BCUT2D eigenvalue weighted by Gasteiger charge is 2.50. The van der Waals surface area contributed by atoms with E-state index >= 15 is 0 Å². The quantitative estimate of drug-likeness (QED) is 0.255. The largest absolute Gasteiger partial charge is 0.516 e. The van der Waals surface area contributed by atoms with E-state index in [4.69, 9.17) is 18.3 Å². The summed E-state index contributed by atoms with van der Waals surface area (Å²) in [5.74, 6) is 3.23.